The van der Waals surface area contributed by atoms with Gasteiger partial charge in [-0.05, 0) is 24.8 Å². The summed E-state index contributed by atoms with van der Waals surface area (Å²) in [6, 6.07) is 4.76. The van der Waals surface area contributed by atoms with Crippen LogP contribution in [0.2, 0.25) is 5.02 Å². The van der Waals surface area contributed by atoms with Gasteiger partial charge < -0.3 is 5.11 Å². The average molecular weight is 299 g/mol. The molecule has 0 aromatic heterocycles. The molecule has 110 valence electrons. The molecular formula is C14H19ClN2O3. The van der Waals surface area contributed by atoms with Gasteiger partial charge in [-0.25, -0.2) is 0 Å². The topological polar surface area (TPSA) is 66.6 Å². The van der Waals surface area contributed by atoms with Crippen LogP contribution in [0.3, 0.4) is 0 Å². The molecule has 1 aromatic rings. The van der Waals surface area contributed by atoms with E-state index < -0.39 is 4.92 Å². The highest BCUT2D eigenvalue weighted by Gasteiger charge is 2.28. The molecule has 2 unspecified atom stereocenters. The van der Waals surface area contributed by atoms with Gasteiger partial charge in [-0.1, -0.05) is 24.6 Å². The zero-order valence-corrected chi connectivity index (χ0v) is 12.2. The second-order valence-corrected chi connectivity index (χ2v) is 5.66. The second-order valence-electron chi connectivity index (χ2n) is 5.25. The highest BCUT2D eigenvalue weighted by atomic mass is 35.5. The van der Waals surface area contributed by atoms with Crippen LogP contribution in [0.5, 0.6) is 0 Å². The van der Waals surface area contributed by atoms with Crippen LogP contribution < -0.4 is 0 Å². The van der Waals surface area contributed by atoms with E-state index in [1.165, 1.54) is 6.07 Å². The summed E-state index contributed by atoms with van der Waals surface area (Å²) in [4.78, 5) is 12.8. The van der Waals surface area contributed by atoms with E-state index in [9.17, 15) is 15.2 Å². The molecule has 1 N–H and O–H groups in total. The van der Waals surface area contributed by atoms with E-state index in [2.05, 4.69) is 11.8 Å². The number of aliphatic hydroxyl groups excluding tert-OH is 1. The Bertz CT molecular complexity index is 495. The van der Waals surface area contributed by atoms with E-state index in [0.717, 1.165) is 19.5 Å². The highest BCUT2D eigenvalue weighted by molar-refractivity contribution is 6.31. The van der Waals surface area contributed by atoms with Crippen molar-refractivity contribution in [2.45, 2.75) is 32.4 Å². The van der Waals surface area contributed by atoms with Crippen LogP contribution in [-0.4, -0.2) is 34.1 Å². The lowest BCUT2D eigenvalue weighted by molar-refractivity contribution is -0.385. The Kier molecular flexibility index (Phi) is 4.96. The second kappa shape index (κ2) is 6.52. The third kappa shape index (κ3) is 3.29. The number of hydrogen-bond acceptors (Lipinski definition) is 4. The Labute approximate surface area is 123 Å². The molecule has 5 nitrogen and oxygen atoms in total. The molecule has 0 bridgehead atoms. The standard InChI is InChI=1S/C14H19ClN2O3/c1-2-10-8-16(7-6-14(10)18)9-11-12(15)4-3-5-13(11)17(19)20/h3-5,10,14,18H,2,6-9H2,1H3. The molecule has 1 aromatic carbocycles. The smallest absolute Gasteiger partial charge is 0.275 e. The molecule has 2 atom stereocenters. The van der Waals surface area contributed by atoms with Crippen molar-refractivity contribution in [3.63, 3.8) is 0 Å². The van der Waals surface area contributed by atoms with Gasteiger partial charge in [0.05, 0.1) is 21.6 Å². The van der Waals surface area contributed by atoms with Gasteiger partial charge in [0.25, 0.3) is 5.69 Å². The lowest BCUT2D eigenvalue weighted by atomic mass is 9.92. The van der Waals surface area contributed by atoms with Gasteiger partial charge in [0, 0.05) is 25.7 Å². The number of piperidine rings is 1. The summed E-state index contributed by atoms with van der Waals surface area (Å²) in [5.41, 5.74) is 0.627. The first-order valence-electron chi connectivity index (χ1n) is 6.85. The first-order valence-corrected chi connectivity index (χ1v) is 7.23. The predicted molar refractivity (Wildman–Crippen MR) is 77.8 cm³/mol. The molecule has 1 aliphatic heterocycles. The monoisotopic (exact) mass is 298 g/mol. The maximum atomic E-state index is 11.1. The molecule has 6 heteroatoms. The summed E-state index contributed by atoms with van der Waals surface area (Å²) < 4.78 is 0. The number of nitro benzene ring substituents is 1. The minimum absolute atomic E-state index is 0.0664. The fourth-order valence-corrected chi connectivity index (χ4v) is 2.97. The summed E-state index contributed by atoms with van der Waals surface area (Å²) in [6.45, 7) is 3.99. The minimum Gasteiger partial charge on any atom is -0.393 e. The summed E-state index contributed by atoms with van der Waals surface area (Å²) in [5, 5.41) is 21.4. The molecular weight excluding hydrogens is 280 g/mol. The summed E-state index contributed by atoms with van der Waals surface area (Å²) in [5.74, 6) is 0.227. The molecule has 1 heterocycles. The lowest BCUT2D eigenvalue weighted by Gasteiger charge is -2.35. The molecule has 1 fully saturated rings. The van der Waals surface area contributed by atoms with E-state index in [1.807, 2.05) is 0 Å². The normalized spacial score (nSPS) is 23.8. The quantitative estimate of drug-likeness (QED) is 0.685. The first-order chi connectivity index (χ1) is 9.52. The van der Waals surface area contributed by atoms with E-state index in [1.54, 1.807) is 12.1 Å². The molecule has 0 aliphatic carbocycles. The SMILES string of the molecule is CCC1CN(Cc2c(Cl)cccc2[N+](=O)[O-])CCC1O. The number of likely N-dealkylation sites (tertiary alicyclic amines) is 1. The number of aliphatic hydroxyl groups is 1. The van der Waals surface area contributed by atoms with E-state index >= 15 is 0 Å². The third-order valence-corrected chi connectivity index (χ3v) is 4.33. The number of benzene rings is 1. The van der Waals surface area contributed by atoms with Crippen LogP contribution in [0.25, 0.3) is 0 Å². The Balaban J connectivity index is 2.16. The molecule has 0 spiro atoms. The fourth-order valence-electron chi connectivity index (χ4n) is 2.74. The van der Waals surface area contributed by atoms with E-state index in [-0.39, 0.29) is 17.7 Å². The number of hydrogen-bond donors (Lipinski definition) is 1. The summed E-state index contributed by atoms with van der Waals surface area (Å²) in [6.07, 6.45) is 1.34. The third-order valence-electron chi connectivity index (χ3n) is 3.97. The van der Waals surface area contributed by atoms with Gasteiger partial charge in [-0.2, -0.15) is 0 Å². The van der Waals surface area contributed by atoms with Crippen molar-refractivity contribution in [2.24, 2.45) is 5.92 Å². The van der Waals surface area contributed by atoms with Crippen molar-refractivity contribution >= 4 is 17.3 Å². The Morgan fingerprint density at radius 1 is 1.55 bits per heavy atom. The van der Waals surface area contributed by atoms with Gasteiger partial charge in [0.1, 0.15) is 0 Å². The van der Waals surface area contributed by atoms with Gasteiger partial charge >= 0.3 is 0 Å². The molecule has 1 saturated heterocycles. The Morgan fingerprint density at radius 3 is 2.95 bits per heavy atom. The minimum atomic E-state index is -0.392. The van der Waals surface area contributed by atoms with Crippen molar-refractivity contribution in [1.82, 2.24) is 4.90 Å². The number of rotatable bonds is 4. The fraction of sp³-hybridized carbons (Fsp3) is 0.571. The number of nitro groups is 1. The van der Waals surface area contributed by atoms with Gasteiger partial charge in [0.15, 0.2) is 0 Å². The zero-order chi connectivity index (χ0) is 14.7. The van der Waals surface area contributed by atoms with Crippen molar-refractivity contribution in [1.29, 1.82) is 0 Å². The van der Waals surface area contributed by atoms with E-state index in [0.29, 0.717) is 23.6 Å². The average Bonchev–Trinajstić information content (AvgIpc) is 2.42. The molecule has 0 radical (unpaired) electrons. The predicted octanol–water partition coefficient (Wildman–Crippen LogP) is 2.84. The molecule has 20 heavy (non-hydrogen) atoms. The Morgan fingerprint density at radius 2 is 2.30 bits per heavy atom. The summed E-state index contributed by atoms with van der Waals surface area (Å²) >= 11 is 6.11. The molecule has 0 amide bonds. The number of halogens is 1. The van der Waals surface area contributed by atoms with Crippen molar-refractivity contribution in [3.05, 3.63) is 38.9 Å². The summed E-state index contributed by atoms with van der Waals surface area (Å²) in [7, 11) is 0. The maximum absolute atomic E-state index is 11.1. The first kappa shape index (κ1) is 15.2. The molecule has 2 rings (SSSR count). The zero-order valence-electron chi connectivity index (χ0n) is 11.5. The van der Waals surface area contributed by atoms with E-state index in [4.69, 9.17) is 11.6 Å². The van der Waals surface area contributed by atoms with Crippen molar-refractivity contribution < 1.29 is 10.0 Å². The highest BCUT2D eigenvalue weighted by Crippen LogP contribution is 2.29. The van der Waals surface area contributed by atoms with Gasteiger partial charge in [0.2, 0.25) is 0 Å². The lowest BCUT2D eigenvalue weighted by Crippen LogP contribution is -2.42. The van der Waals surface area contributed by atoms with Gasteiger partial charge in [-0.15, -0.1) is 0 Å². The van der Waals surface area contributed by atoms with Crippen LogP contribution in [0.4, 0.5) is 5.69 Å². The van der Waals surface area contributed by atoms with Crippen LogP contribution in [0.15, 0.2) is 18.2 Å². The molecule has 1 aliphatic rings. The van der Waals surface area contributed by atoms with Crippen LogP contribution in [-0.2, 0) is 6.54 Å². The maximum Gasteiger partial charge on any atom is 0.275 e. The number of nitrogens with zero attached hydrogens (tertiary/aromatic N) is 2. The van der Waals surface area contributed by atoms with Crippen LogP contribution >= 0.6 is 11.6 Å². The van der Waals surface area contributed by atoms with Crippen LogP contribution in [0.1, 0.15) is 25.3 Å². The van der Waals surface area contributed by atoms with Gasteiger partial charge in [-0.3, -0.25) is 15.0 Å². The largest absolute Gasteiger partial charge is 0.393 e. The van der Waals surface area contributed by atoms with Crippen molar-refractivity contribution in [3.8, 4) is 0 Å². The Hall–Kier alpha value is -1.17. The van der Waals surface area contributed by atoms with Crippen molar-refractivity contribution in [2.75, 3.05) is 13.1 Å². The van der Waals surface area contributed by atoms with Crippen LogP contribution in [0, 0.1) is 16.0 Å². The molecule has 0 saturated carbocycles.